The van der Waals surface area contributed by atoms with Crippen LogP contribution in [0, 0.1) is 10.1 Å². The second-order valence-corrected chi connectivity index (χ2v) is 5.73. The van der Waals surface area contributed by atoms with Crippen LogP contribution >= 0.6 is 15.9 Å². The summed E-state index contributed by atoms with van der Waals surface area (Å²) in [6, 6.07) is 10.3. The number of rotatable bonds is 7. The van der Waals surface area contributed by atoms with E-state index in [9.17, 15) is 15.2 Å². The number of anilines is 1. The molecule has 2 aromatic carbocycles. The van der Waals surface area contributed by atoms with Crippen LogP contribution in [0.1, 0.15) is 11.1 Å². The second kappa shape index (κ2) is 7.94. The number of para-hydroxylation sites is 1. The smallest absolute Gasteiger partial charge is 0.292 e. The molecule has 0 spiro atoms. The summed E-state index contributed by atoms with van der Waals surface area (Å²) < 4.78 is 6.23. The summed E-state index contributed by atoms with van der Waals surface area (Å²) in [6.07, 6.45) is 0.642. The Labute approximate surface area is 142 Å². The molecular formula is C16H17BrN2O4. The molecule has 0 aliphatic heterocycles. The molecule has 0 unspecified atom stereocenters. The number of methoxy groups -OCH3 is 1. The first kappa shape index (κ1) is 17.2. The monoisotopic (exact) mass is 380 g/mol. The van der Waals surface area contributed by atoms with Crippen LogP contribution in [-0.2, 0) is 13.0 Å². The average Bonchev–Trinajstić information content (AvgIpc) is 2.54. The molecule has 0 fully saturated rings. The van der Waals surface area contributed by atoms with Gasteiger partial charge in [-0.25, -0.2) is 0 Å². The minimum Gasteiger partial charge on any atom is -0.495 e. The Morgan fingerprint density at radius 2 is 2.13 bits per heavy atom. The number of nitrogens with one attached hydrogen (secondary N) is 1. The summed E-state index contributed by atoms with van der Waals surface area (Å²) >= 11 is 3.43. The molecule has 0 saturated heterocycles. The standard InChI is InChI=1S/C16H17BrN2O4/c1-23-16-12(3-2-4-13(16)17)7-8-18-14-9-11(10-20)5-6-15(14)19(21)22/h2-6,9,18,20H,7-8,10H2,1H3. The van der Waals surface area contributed by atoms with Crippen molar-refractivity contribution in [2.24, 2.45) is 0 Å². The van der Waals surface area contributed by atoms with Crippen molar-refractivity contribution in [2.45, 2.75) is 13.0 Å². The number of hydrogen-bond donors (Lipinski definition) is 2. The van der Waals surface area contributed by atoms with E-state index in [-0.39, 0.29) is 12.3 Å². The Kier molecular flexibility index (Phi) is 5.95. The van der Waals surface area contributed by atoms with Crippen LogP contribution in [0.3, 0.4) is 0 Å². The van der Waals surface area contributed by atoms with Crippen LogP contribution in [0.25, 0.3) is 0 Å². The lowest BCUT2D eigenvalue weighted by atomic mass is 10.1. The van der Waals surface area contributed by atoms with Crippen molar-refractivity contribution in [1.29, 1.82) is 0 Å². The Morgan fingerprint density at radius 3 is 2.78 bits per heavy atom. The molecule has 122 valence electrons. The Bertz CT molecular complexity index is 706. The van der Waals surface area contributed by atoms with E-state index >= 15 is 0 Å². The van der Waals surface area contributed by atoms with Gasteiger partial charge in [0.05, 0.1) is 23.1 Å². The summed E-state index contributed by atoms with van der Waals surface area (Å²) in [5.41, 5.74) is 2.01. The van der Waals surface area contributed by atoms with Crippen LogP contribution in [0.5, 0.6) is 5.75 Å². The molecule has 0 heterocycles. The molecule has 0 atom stereocenters. The molecule has 0 aromatic heterocycles. The van der Waals surface area contributed by atoms with Crippen molar-refractivity contribution in [3.8, 4) is 5.75 Å². The third-order valence-electron chi connectivity index (χ3n) is 3.40. The van der Waals surface area contributed by atoms with Gasteiger partial charge >= 0.3 is 0 Å². The molecule has 0 saturated carbocycles. The summed E-state index contributed by atoms with van der Waals surface area (Å²) in [6.45, 7) is 0.342. The van der Waals surface area contributed by atoms with Gasteiger partial charge in [-0.2, -0.15) is 0 Å². The number of aliphatic hydroxyl groups is 1. The highest BCUT2D eigenvalue weighted by molar-refractivity contribution is 9.10. The van der Waals surface area contributed by atoms with E-state index in [1.165, 1.54) is 6.07 Å². The van der Waals surface area contributed by atoms with Crippen LogP contribution < -0.4 is 10.1 Å². The second-order valence-electron chi connectivity index (χ2n) is 4.88. The van der Waals surface area contributed by atoms with Gasteiger partial charge in [-0.3, -0.25) is 10.1 Å². The number of aliphatic hydroxyl groups excluding tert-OH is 1. The maximum Gasteiger partial charge on any atom is 0.292 e. The zero-order valence-electron chi connectivity index (χ0n) is 12.6. The number of nitro groups is 1. The van der Waals surface area contributed by atoms with Gasteiger partial charge in [0.1, 0.15) is 11.4 Å². The summed E-state index contributed by atoms with van der Waals surface area (Å²) in [4.78, 5) is 10.6. The largest absolute Gasteiger partial charge is 0.495 e. The number of ether oxygens (including phenoxy) is 1. The lowest BCUT2D eigenvalue weighted by Crippen LogP contribution is -2.08. The molecule has 2 rings (SSSR count). The van der Waals surface area contributed by atoms with E-state index in [0.29, 0.717) is 24.2 Å². The minimum atomic E-state index is -0.441. The lowest BCUT2D eigenvalue weighted by Gasteiger charge is -2.12. The molecule has 0 aliphatic carbocycles. The minimum absolute atomic E-state index is 0.0107. The summed E-state index contributed by atoms with van der Waals surface area (Å²) in [7, 11) is 1.60. The van der Waals surface area contributed by atoms with Gasteiger partial charge in [0.15, 0.2) is 0 Å². The Balaban J connectivity index is 2.12. The van der Waals surface area contributed by atoms with Gasteiger partial charge in [-0.15, -0.1) is 0 Å². The van der Waals surface area contributed by atoms with Crippen molar-refractivity contribution < 1.29 is 14.8 Å². The molecular weight excluding hydrogens is 364 g/mol. The first-order valence-corrected chi connectivity index (χ1v) is 7.79. The van der Waals surface area contributed by atoms with Gasteiger partial charge in [-0.05, 0) is 51.7 Å². The maximum absolute atomic E-state index is 11.1. The molecule has 0 bridgehead atoms. The highest BCUT2D eigenvalue weighted by Crippen LogP contribution is 2.30. The number of halogens is 1. The third-order valence-corrected chi connectivity index (χ3v) is 4.03. The predicted molar refractivity (Wildman–Crippen MR) is 91.9 cm³/mol. The van der Waals surface area contributed by atoms with E-state index in [0.717, 1.165) is 15.8 Å². The van der Waals surface area contributed by atoms with E-state index < -0.39 is 4.92 Å². The van der Waals surface area contributed by atoms with Gasteiger partial charge < -0.3 is 15.2 Å². The lowest BCUT2D eigenvalue weighted by molar-refractivity contribution is -0.384. The van der Waals surface area contributed by atoms with Crippen molar-refractivity contribution in [2.75, 3.05) is 19.0 Å². The number of hydrogen-bond acceptors (Lipinski definition) is 5. The number of nitro benzene ring substituents is 1. The van der Waals surface area contributed by atoms with Crippen molar-refractivity contribution in [3.05, 3.63) is 62.1 Å². The van der Waals surface area contributed by atoms with Gasteiger partial charge in [0.25, 0.3) is 5.69 Å². The molecule has 0 radical (unpaired) electrons. The number of nitrogens with zero attached hydrogens (tertiary/aromatic N) is 1. The normalized spacial score (nSPS) is 10.4. The van der Waals surface area contributed by atoms with Crippen molar-refractivity contribution in [1.82, 2.24) is 0 Å². The fourth-order valence-corrected chi connectivity index (χ4v) is 2.86. The highest BCUT2D eigenvalue weighted by Gasteiger charge is 2.14. The molecule has 23 heavy (non-hydrogen) atoms. The third kappa shape index (κ3) is 4.20. The highest BCUT2D eigenvalue weighted by atomic mass is 79.9. The molecule has 2 aromatic rings. The van der Waals surface area contributed by atoms with Crippen LogP contribution in [0.2, 0.25) is 0 Å². The SMILES string of the molecule is COc1c(Br)cccc1CCNc1cc(CO)ccc1[N+](=O)[O-]. The molecule has 2 N–H and O–H groups in total. The quantitative estimate of drug-likeness (QED) is 0.566. The summed E-state index contributed by atoms with van der Waals surface area (Å²) in [5, 5.41) is 23.3. The van der Waals surface area contributed by atoms with Crippen LogP contribution in [0.4, 0.5) is 11.4 Å². The van der Waals surface area contributed by atoms with Gasteiger partial charge in [0.2, 0.25) is 0 Å². The van der Waals surface area contributed by atoms with Gasteiger partial charge in [-0.1, -0.05) is 12.1 Å². The first-order chi connectivity index (χ1) is 11.1. The van der Waals surface area contributed by atoms with E-state index in [1.807, 2.05) is 18.2 Å². The Hall–Kier alpha value is -2.12. The molecule has 0 aliphatic rings. The van der Waals surface area contributed by atoms with Crippen molar-refractivity contribution >= 4 is 27.3 Å². The predicted octanol–water partition coefficient (Wildman–Crippen LogP) is 3.51. The van der Waals surface area contributed by atoms with Crippen molar-refractivity contribution in [3.63, 3.8) is 0 Å². The molecule has 0 amide bonds. The fourth-order valence-electron chi connectivity index (χ4n) is 2.29. The first-order valence-electron chi connectivity index (χ1n) is 7.00. The number of benzene rings is 2. The van der Waals surface area contributed by atoms with Crippen LogP contribution in [0.15, 0.2) is 40.9 Å². The fraction of sp³-hybridized carbons (Fsp3) is 0.250. The summed E-state index contributed by atoms with van der Waals surface area (Å²) in [5.74, 6) is 0.757. The average molecular weight is 381 g/mol. The Morgan fingerprint density at radius 1 is 1.35 bits per heavy atom. The molecule has 7 heteroatoms. The molecule has 6 nitrogen and oxygen atoms in total. The van der Waals surface area contributed by atoms with E-state index in [1.54, 1.807) is 19.2 Å². The zero-order valence-corrected chi connectivity index (χ0v) is 14.2. The van der Waals surface area contributed by atoms with E-state index in [2.05, 4.69) is 21.2 Å². The van der Waals surface area contributed by atoms with E-state index in [4.69, 9.17) is 4.74 Å². The zero-order chi connectivity index (χ0) is 16.8. The van der Waals surface area contributed by atoms with Gasteiger partial charge in [0, 0.05) is 12.6 Å². The topological polar surface area (TPSA) is 84.6 Å². The van der Waals surface area contributed by atoms with Crippen LogP contribution in [-0.4, -0.2) is 23.7 Å². The maximum atomic E-state index is 11.1.